The monoisotopic (exact) mass is 368 g/mol. The Morgan fingerprint density at radius 2 is 1.64 bits per heavy atom. The van der Waals surface area contributed by atoms with Gasteiger partial charge >= 0.3 is 0 Å². The first-order valence-corrected chi connectivity index (χ1v) is 9.11. The molecule has 0 radical (unpaired) electrons. The summed E-state index contributed by atoms with van der Waals surface area (Å²) < 4.78 is 5.37. The molecule has 0 spiro atoms. The van der Waals surface area contributed by atoms with E-state index in [0.29, 0.717) is 12.1 Å². The van der Waals surface area contributed by atoms with Crippen LogP contribution in [0.2, 0.25) is 0 Å². The lowest BCUT2D eigenvalue weighted by atomic mass is 10.0. The van der Waals surface area contributed by atoms with Gasteiger partial charge in [0.15, 0.2) is 0 Å². The molecule has 1 amide bonds. The van der Waals surface area contributed by atoms with E-state index >= 15 is 0 Å². The van der Waals surface area contributed by atoms with E-state index in [-0.39, 0.29) is 5.91 Å². The number of fused-ring (bicyclic) bond motifs is 1. The summed E-state index contributed by atoms with van der Waals surface area (Å²) in [6.07, 6.45) is 0. The Kier molecular flexibility index (Phi) is 5.02. The summed E-state index contributed by atoms with van der Waals surface area (Å²) in [5.74, 6) is 0.619. The summed E-state index contributed by atoms with van der Waals surface area (Å²) in [6.45, 7) is 0.389. The van der Waals surface area contributed by atoms with Crippen molar-refractivity contribution < 1.29 is 9.53 Å². The molecular formula is C24H20N2O2. The zero-order chi connectivity index (χ0) is 19.3. The molecule has 0 bridgehead atoms. The highest BCUT2D eigenvalue weighted by molar-refractivity contribution is 6.07. The number of hydrogen-bond donors (Lipinski definition) is 1. The number of aromatic nitrogens is 1. The van der Waals surface area contributed by atoms with Crippen molar-refractivity contribution in [1.82, 2.24) is 10.3 Å². The fraction of sp³-hybridized carbons (Fsp3) is 0.0833. The van der Waals surface area contributed by atoms with Crippen molar-refractivity contribution in [3.63, 3.8) is 0 Å². The molecule has 1 heterocycles. The number of benzene rings is 3. The van der Waals surface area contributed by atoms with Crippen molar-refractivity contribution in [2.75, 3.05) is 7.11 Å². The summed E-state index contributed by atoms with van der Waals surface area (Å²) in [5, 5.41) is 3.85. The van der Waals surface area contributed by atoms with E-state index in [1.165, 1.54) is 0 Å². The van der Waals surface area contributed by atoms with Gasteiger partial charge in [-0.15, -0.1) is 0 Å². The summed E-state index contributed by atoms with van der Waals surface area (Å²) in [4.78, 5) is 17.8. The Hall–Kier alpha value is -3.66. The van der Waals surface area contributed by atoms with E-state index in [4.69, 9.17) is 9.72 Å². The highest BCUT2D eigenvalue weighted by Crippen LogP contribution is 2.25. The second-order valence-electron chi connectivity index (χ2n) is 6.43. The van der Waals surface area contributed by atoms with E-state index in [9.17, 15) is 4.79 Å². The van der Waals surface area contributed by atoms with Crippen LogP contribution in [-0.4, -0.2) is 18.0 Å². The van der Waals surface area contributed by atoms with Crippen LogP contribution < -0.4 is 10.1 Å². The molecule has 1 N–H and O–H groups in total. The zero-order valence-electron chi connectivity index (χ0n) is 15.6. The van der Waals surface area contributed by atoms with Crippen molar-refractivity contribution in [2.24, 2.45) is 0 Å². The van der Waals surface area contributed by atoms with Gasteiger partial charge in [0.2, 0.25) is 0 Å². The lowest BCUT2D eigenvalue weighted by Crippen LogP contribution is -2.23. The molecule has 1 aromatic heterocycles. The Morgan fingerprint density at radius 3 is 2.46 bits per heavy atom. The van der Waals surface area contributed by atoms with E-state index < -0.39 is 0 Å². The van der Waals surface area contributed by atoms with Gasteiger partial charge < -0.3 is 10.1 Å². The van der Waals surface area contributed by atoms with Crippen molar-refractivity contribution >= 4 is 16.8 Å². The van der Waals surface area contributed by atoms with Crippen LogP contribution in [0, 0.1) is 0 Å². The second kappa shape index (κ2) is 7.92. The molecule has 0 aliphatic rings. The van der Waals surface area contributed by atoms with E-state index in [0.717, 1.165) is 33.5 Å². The van der Waals surface area contributed by atoms with Crippen LogP contribution in [0.5, 0.6) is 5.75 Å². The minimum atomic E-state index is -0.137. The molecule has 28 heavy (non-hydrogen) atoms. The quantitative estimate of drug-likeness (QED) is 0.548. The second-order valence-corrected chi connectivity index (χ2v) is 6.43. The van der Waals surface area contributed by atoms with Gasteiger partial charge in [0, 0.05) is 23.1 Å². The molecule has 4 nitrogen and oxygen atoms in total. The number of carbonyl (C=O) groups excluding carboxylic acids is 1. The van der Waals surface area contributed by atoms with Crippen LogP contribution in [0.1, 0.15) is 15.9 Å². The molecule has 0 atom stereocenters. The van der Waals surface area contributed by atoms with Gasteiger partial charge in [-0.1, -0.05) is 66.7 Å². The molecule has 0 saturated heterocycles. The molecule has 0 unspecified atom stereocenters. The predicted molar refractivity (Wildman–Crippen MR) is 111 cm³/mol. The SMILES string of the molecule is COc1ccccc1CNC(=O)c1cc(-c2ccccc2)nc2ccccc12. The normalized spacial score (nSPS) is 10.6. The van der Waals surface area contributed by atoms with Crippen LogP contribution in [0.3, 0.4) is 0 Å². The maximum Gasteiger partial charge on any atom is 0.252 e. The fourth-order valence-electron chi connectivity index (χ4n) is 3.24. The Labute approximate surface area is 163 Å². The Balaban J connectivity index is 1.69. The number of amides is 1. The standard InChI is InChI=1S/C24H20N2O2/c1-28-23-14-8-5-11-18(23)16-25-24(27)20-15-22(17-9-3-2-4-10-17)26-21-13-7-6-12-19(20)21/h2-15H,16H2,1H3,(H,25,27). The molecule has 0 aliphatic carbocycles. The Morgan fingerprint density at radius 1 is 0.929 bits per heavy atom. The first-order chi connectivity index (χ1) is 13.8. The maximum atomic E-state index is 13.0. The maximum absolute atomic E-state index is 13.0. The van der Waals surface area contributed by atoms with Gasteiger partial charge in [-0.05, 0) is 18.2 Å². The van der Waals surface area contributed by atoms with Gasteiger partial charge in [0.1, 0.15) is 5.75 Å². The van der Waals surface area contributed by atoms with Crippen LogP contribution in [0.25, 0.3) is 22.2 Å². The number of nitrogens with zero attached hydrogens (tertiary/aromatic N) is 1. The first kappa shape index (κ1) is 17.7. The molecular weight excluding hydrogens is 348 g/mol. The molecule has 4 heteroatoms. The molecule has 4 aromatic rings. The number of para-hydroxylation sites is 2. The van der Waals surface area contributed by atoms with Crippen LogP contribution in [-0.2, 0) is 6.54 Å². The van der Waals surface area contributed by atoms with Crippen molar-refractivity contribution in [1.29, 1.82) is 0 Å². The molecule has 4 rings (SSSR count). The fourth-order valence-corrected chi connectivity index (χ4v) is 3.24. The number of pyridine rings is 1. The number of nitrogens with one attached hydrogen (secondary N) is 1. The van der Waals surface area contributed by atoms with Crippen LogP contribution in [0.4, 0.5) is 0 Å². The summed E-state index contributed by atoms with van der Waals surface area (Å²) >= 11 is 0. The smallest absolute Gasteiger partial charge is 0.252 e. The van der Waals surface area contributed by atoms with E-state index in [2.05, 4.69) is 5.32 Å². The van der Waals surface area contributed by atoms with Crippen LogP contribution >= 0.6 is 0 Å². The summed E-state index contributed by atoms with van der Waals surface area (Å²) in [7, 11) is 1.63. The van der Waals surface area contributed by atoms with Gasteiger partial charge in [-0.3, -0.25) is 4.79 Å². The average molecular weight is 368 g/mol. The number of methoxy groups -OCH3 is 1. The number of hydrogen-bond acceptors (Lipinski definition) is 3. The highest BCUT2D eigenvalue weighted by atomic mass is 16.5. The summed E-state index contributed by atoms with van der Waals surface area (Å²) in [6, 6.07) is 27.1. The average Bonchev–Trinajstić information content (AvgIpc) is 2.77. The van der Waals surface area contributed by atoms with Gasteiger partial charge in [0.25, 0.3) is 5.91 Å². The lowest BCUT2D eigenvalue weighted by Gasteiger charge is -2.12. The third kappa shape index (κ3) is 3.58. The van der Waals surface area contributed by atoms with E-state index in [1.54, 1.807) is 7.11 Å². The first-order valence-electron chi connectivity index (χ1n) is 9.11. The molecule has 0 aliphatic heterocycles. The van der Waals surface area contributed by atoms with Crippen molar-refractivity contribution in [3.05, 3.63) is 96.1 Å². The Bertz CT molecular complexity index is 1120. The molecule has 3 aromatic carbocycles. The largest absolute Gasteiger partial charge is 0.496 e. The third-order valence-electron chi connectivity index (χ3n) is 4.66. The van der Waals surface area contributed by atoms with Crippen molar-refractivity contribution in [2.45, 2.75) is 6.54 Å². The third-order valence-corrected chi connectivity index (χ3v) is 4.66. The minimum Gasteiger partial charge on any atom is -0.496 e. The number of carbonyl (C=O) groups is 1. The molecule has 138 valence electrons. The van der Waals surface area contributed by atoms with Gasteiger partial charge in [-0.2, -0.15) is 0 Å². The van der Waals surface area contributed by atoms with Gasteiger partial charge in [-0.25, -0.2) is 4.98 Å². The van der Waals surface area contributed by atoms with Crippen LogP contribution in [0.15, 0.2) is 84.9 Å². The lowest BCUT2D eigenvalue weighted by molar-refractivity contribution is 0.0952. The van der Waals surface area contributed by atoms with Crippen molar-refractivity contribution in [3.8, 4) is 17.0 Å². The summed E-state index contributed by atoms with van der Waals surface area (Å²) in [5.41, 5.74) is 4.10. The molecule has 0 saturated carbocycles. The number of rotatable bonds is 5. The highest BCUT2D eigenvalue weighted by Gasteiger charge is 2.14. The van der Waals surface area contributed by atoms with Gasteiger partial charge in [0.05, 0.1) is 23.9 Å². The topological polar surface area (TPSA) is 51.2 Å². The zero-order valence-corrected chi connectivity index (χ0v) is 15.6. The predicted octanol–water partition coefficient (Wildman–Crippen LogP) is 4.84. The number of ether oxygens (including phenoxy) is 1. The minimum absolute atomic E-state index is 0.137. The van der Waals surface area contributed by atoms with E-state index in [1.807, 2.05) is 84.9 Å². The molecule has 0 fully saturated rings.